The molecule has 1 aromatic carbocycles. The molecular formula is C22H22N4O. The highest BCUT2D eigenvalue weighted by atomic mass is 16.2. The van der Waals surface area contributed by atoms with Crippen LogP contribution in [0.1, 0.15) is 23.6 Å². The molecule has 0 saturated carbocycles. The maximum absolute atomic E-state index is 12.4. The molecule has 5 nitrogen and oxygen atoms in total. The zero-order valence-electron chi connectivity index (χ0n) is 15.6. The summed E-state index contributed by atoms with van der Waals surface area (Å²) in [6.45, 7) is 4.69. The Hall–Kier alpha value is -3.08. The van der Waals surface area contributed by atoms with E-state index in [1.54, 1.807) is 6.20 Å². The molecule has 4 rings (SSSR count). The average molecular weight is 358 g/mol. The van der Waals surface area contributed by atoms with Crippen molar-refractivity contribution in [3.63, 3.8) is 0 Å². The number of amides is 1. The minimum atomic E-state index is 0.168. The molecule has 0 bridgehead atoms. The maximum atomic E-state index is 12.4. The van der Waals surface area contributed by atoms with Crippen LogP contribution >= 0.6 is 0 Å². The first-order chi connectivity index (χ1) is 13.1. The second-order valence-electron chi connectivity index (χ2n) is 7.06. The van der Waals surface area contributed by atoms with E-state index in [0.717, 1.165) is 34.2 Å². The molecule has 5 heteroatoms. The van der Waals surface area contributed by atoms with Crippen LogP contribution in [0.25, 0.3) is 11.3 Å². The van der Waals surface area contributed by atoms with Crippen LogP contribution in [0, 0.1) is 19.8 Å². The first-order valence-electron chi connectivity index (χ1n) is 9.22. The topological polar surface area (TPSA) is 59.0 Å². The number of benzene rings is 1. The van der Waals surface area contributed by atoms with Crippen molar-refractivity contribution < 1.29 is 4.79 Å². The lowest BCUT2D eigenvalue weighted by Gasteiger charge is -2.16. The van der Waals surface area contributed by atoms with Crippen LogP contribution < -0.4 is 4.90 Å². The van der Waals surface area contributed by atoms with Gasteiger partial charge in [-0.1, -0.05) is 18.2 Å². The Balaban J connectivity index is 1.51. The molecular weight excluding hydrogens is 336 g/mol. The third-order valence-electron chi connectivity index (χ3n) is 4.95. The summed E-state index contributed by atoms with van der Waals surface area (Å²) in [5, 5.41) is 0. The molecule has 3 heterocycles. The number of hydrogen-bond donors (Lipinski definition) is 0. The molecule has 1 fully saturated rings. The zero-order chi connectivity index (χ0) is 18.8. The van der Waals surface area contributed by atoms with Crippen molar-refractivity contribution in [3.8, 4) is 11.3 Å². The number of nitrogens with zero attached hydrogens (tertiary/aromatic N) is 4. The summed E-state index contributed by atoms with van der Waals surface area (Å²) in [6, 6.07) is 15.8. The molecule has 1 atom stereocenters. The smallest absolute Gasteiger partial charge is 0.227 e. The van der Waals surface area contributed by atoms with Crippen LogP contribution in [0.3, 0.4) is 0 Å². The van der Waals surface area contributed by atoms with Crippen LogP contribution in [0.2, 0.25) is 0 Å². The van der Waals surface area contributed by atoms with Crippen molar-refractivity contribution in [2.75, 3.05) is 11.4 Å². The quantitative estimate of drug-likeness (QED) is 0.713. The molecule has 0 spiro atoms. The van der Waals surface area contributed by atoms with Crippen molar-refractivity contribution in [2.45, 2.75) is 26.7 Å². The van der Waals surface area contributed by atoms with Gasteiger partial charge in [0.15, 0.2) is 0 Å². The summed E-state index contributed by atoms with van der Waals surface area (Å²) in [5.74, 6) is 1.17. The molecule has 3 aromatic rings. The van der Waals surface area contributed by atoms with Gasteiger partial charge in [0.25, 0.3) is 0 Å². The van der Waals surface area contributed by atoms with Gasteiger partial charge in [0.05, 0.1) is 5.69 Å². The molecule has 27 heavy (non-hydrogen) atoms. The van der Waals surface area contributed by atoms with E-state index in [1.165, 1.54) is 0 Å². The maximum Gasteiger partial charge on any atom is 0.227 e. The van der Waals surface area contributed by atoms with E-state index in [-0.39, 0.29) is 11.8 Å². The number of carbonyl (C=O) groups excluding carboxylic acids is 1. The standard InChI is InChI=1S/C22H22N4O/c1-15-8-9-19(16(2)24-15)20-10-11-23-21(25-20)12-17-13-22(27)26(14-17)18-6-4-3-5-7-18/h3-11,17H,12-14H2,1-2H3. The van der Waals surface area contributed by atoms with E-state index in [4.69, 9.17) is 4.98 Å². The third kappa shape index (κ3) is 3.72. The molecule has 0 radical (unpaired) electrons. The van der Waals surface area contributed by atoms with Gasteiger partial charge in [-0.3, -0.25) is 9.78 Å². The van der Waals surface area contributed by atoms with Gasteiger partial charge < -0.3 is 4.90 Å². The predicted molar refractivity (Wildman–Crippen MR) is 105 cm³/mol. The first-order valence-corrected chi connectivity index (χ1v) is 9.22. The molecule has 1 aliphatic heterocycles. The lowest BCUT2D eigenvalue weighted by Crippen LogP contribution is -2.24. The first kappa shape index (κ1) is 17.3. The summed E-state index contributed by atoms with van der Waals surface area (Å²) < 4.78 is 0. The molecule has 1 amide bonds. The van der Waals surface area contributed by atoms with E-state index >= 15 is 0 Å². The summed E-state index contributed by atoms with van der Waals surface area (Å²) in [5.41, 5.74) is 4.83. The van der Waals surface area contributed by atoms with Crippen LogP contribution in [-0.4, -0.2) is 27.4 Å². The van der Waals surface area contributed by atoms with E-state index in [9.17, 15) is 4.79 Å². The van der Waals surface area contributed by atoms with Gasteiger partial charge >= 0.3 is 0 Å². The molecule has 2 aromatic heterocycles. The fourth-order valence-corrected chi connectivity index (χ4v) is 3.64. The minimum absolute atomic E-state index is 0.168. The largest absolute Gasteiger partial charge is 0.312 e. The van der Waals surface area contributed by atoms with Crippen molar-refractivity contribution in [2.24, 2.45) is 5.92 Å². The van der Waals surface area contributed by atoms with Gasteiger partial charge in [-0.15, -0.1) is 0 Å². The summed E-state index contributed by atoms with van der Waals surface area (Å²) >= 11 is 0. The van der Waals surface area contributed by atoms with Crippen molar-refractivity contribution in [1.82, 2.24) is 15.0 Å². The Labute approximate surface area is 159 Å². The summed E-state index contributed by atoms with van der Waals surface area (Å²) in [7, 11) is 0. The van der Waals surface area contributed by atoms with Crippen LogP contribution in [0.5, 0.6) is 0 Å². The van der Waals surface area contributed by atoms with E-state index in [0.29, 0.717) is 19.4 Å². The number of aryl methyl sites for hydroxylation is 2. The predicted octanol–water partition coefficient (Wildman–Crippen LogP) is 3.75. The Morgan fingerprint density at radius 2 is 1.85 bits per heavy atom. The third-order valence-corrected chi connectivity index (χ3v) is 4.95. The molecule has 0 N–H and O–H groups in total. The number of pyridine rings is 1. The Bertz CT molecular complexity index is 971. The van der Waals surface area contributed by atoms with Crippen molar-refractivity contribution in [1.29, 1.82) is 0 Å². The highest BCUT2D eigenvalue weighted by Gasteiger charge is 2.31. The average Bonchev–Trinajstić information content (AvgIpc) is 3.03. The van der Waals surface area contributed by atoms with Gasteiger partial charge in [-0.25, -0.2) is 9.97 Å². The van der Waals surface area contributed by atoms with Crippen LogP contribution in [0.4, 0.5) is 5.69 Å². The number of carbonyl (C=O) groups is 1. The Kier molecular flexibility index (Phi) is 4.67. The van der Waals surface area contributed by atoms with Crippen molar-refractivity contribution >= 4 is 11.6 Å². The molecule has 1 unspecified atom stereocenters. The highest BCUT2D eigenvalue weighted by molar-refractivity contribution is 5.95. The van der Waals surface area contributed by atoms with Gasteiger partial charge in [0.1, 0.15) is 5.82 Å². The lowest BCUT2D eigenvalue weighted by molar-refractivity contribution is -0.117. The van der Waals surface area contributed by atoms with Gasteiger partial charge in [0.2, 0.25) is 5.91 Å². The zero-order valence-corrected chi connectivity index (χ0v) is 15.6. The molecule has 1 saturated heterocycles. The number of hydrogen-bond acceptors (Lipinski definition) is 4. The SMILES string of the molecule is Cc1ccc(-c2ccnc(CC3CC(=O)N(c4ccccc4)C3)n2)c(C)n1. The highest BCUT2D eigenvalue weighted by Crippen LogP contribution is 2.27. The minimum Gasteiger partial charge on any atom is -0.312 e. The lowest BCUT2D eigenvalue weighted by atomic mass is 10.0. The Morgan fingerprint density at radius 1 is 1.04 bits per heavy atom. The molecule has 136 valence electrons. The van der Waals surface area contributed by atoms with Gasteiger partial charge in [-0.2, -0.15) is 0 Å². The van der Waals surface area contributed by atoms with Crippen LogP contribution in [-0.2, 0) is 11.2 Å². The van der Waals surface area contributed by atoms with E-state index in [2.05, 4.69) is 16.0 Å². The van der Waals surface area contributed by atoms with Crippen LogP contribution in [0.15, 0.2) is 54.7 Å². The number of rotatable bonds is 4. The summed E-state index contributed by atoms with van der Waals surface area (Å²) in [4.78, 5) is 28.0. The second kappa shape index (κ2) is 7.27. The van der Waals surface area contributed by atoms with E-state index in [1.807, 2.05) is 61.2 Å². The number of para-hydroxylation sites is 1. The fourth-order valence-electron chi connectivity index (χ4n) is 3.64. The normalized spacial score (nSPS) is 16.7. The van der Waals surface area contributed by atoms with E-state index < -0.39 is 0 Å². The second-order valence-corrected chi connectivity index (χ2v) is 7.06. The number of aromatic nitrogens is 3. The Morgan fingerprint density at radius 3 is 2.63 bits per heavy atom. The monoisotopic (exact) mass is 358 g/mol. The van der Waals surface area contributed by atoms with Crippen molar-refractivity contribution in [3.05, 3.63) is 71.9 Å². The number of anilines is 1. The van der Waals surface area contributed by atoms with Gasteiger partial charge in [-0.05, 0) is 50.1 Å². The molecule has 0 aliphatic carbocycles. The summed E-state index contributed by atoms with van der Waals surface area (Å²) in [6.07, 6.45) is 3.03. The van der Waals surface area contributed by atoms with Gasteiger partial charge in [0, 0.05) is 48.2 Å². The molecule has 1 aliphatic rings. The fraction of sp³-hybridized carbons (Fsp3) is 0.273.